The van der Waals surface area contributed by atoms with Gasteiger partial charge in [0.2, 0.25) is 0 Å². The van der Waals surface area contributed by atoms with Crippen LogP contribution in [0.5, 0.6) is 5.75 Å². The van der Waals surface area contributed by atoms with E-state index in [9.17, 15) is 22.8 Å². The number of nitrogen functional groups attached to an aromatic ring is 1. The first-order valence-electron chi connectivity index (χ1n) is 22.1. The van der Waals surface area contributed by atoms with E-state index < -0.39 is 17.6 Å². The smallest absolute Gasteiger partial charge is 0.456 e. The van der Waals surface area contributed by atoms with Crippen LogP contribution < -0.4 is 15.8 Å². The number of nitrogens with two attached hydrogens (primary N) is 1. The van der Waals surface area contributed by atoms with Crippen molar-refractivity contribution in [1.29, 1.82) is 0 Å². The first kappa shape index (κ1) is 55.8. The topological polar surface area (TPSA) is 136 Å². The molecule has 0 saturated heterocycles. The summed E-state index contributed by atoms with van der Waals surface area (Å²) < 4.78 is 55.3. The van der Waals surface area contributed by atoms with Crippen LogP contribution in [0.4, 0.5) is 30.5 Å². The van der Waals surface area contributed by atoms with Crippen LogP contribution in [-0.4, -0.2) is 49.1 Å². The number of halogens is 8. The Balaban J connectivity index is 0.000000195. The lowest BCUT2D eigenvalue weighted by molar-refractivity contribution is -0.274. The zero-order chi connectivity index (χ0) is 53.4. The molecule has 3 N–H and O–H groups in total. The van der Waals surface area contributed by atoms with Gasteiger partial charge in [0.15, 0.2) is 0 Å². The summed E-state index contributed by atoms with van der Waals surface area (Å²) in [5.41, 5.74) is 12.1. The zero-order valence-corrected chi connectivity index (χ0v) is 44.9. The lowest BCUT2D eigenvalue weighted by Gasteiger charge is -2.19. The van der Waals surface area contributed by atoms with Crippen molar-refractivity contribution in [2.45, 2.75) is 66.0 Å². The highest BCUT2D eigenvalue weighted by molar-refractivity contribution is 9.10. The summed E-state index contributed by atoms with van der Waals surface area (Å²) in [6.07, 6.45) is -4.74. The van der Waals surface area contributed by atoms with Crippen LogP contribution in [0.25, 0.3) is 33.9 Å². The molecule has 6 aromatic carbocycles. The Labute approximate surface area is 449 Å². The SMILES string of the molecule is CC(C)(C)OC(=O)c1ccc(Br)cc1.Cc1ccc(-n2nc(-c3cc(Cl)cc(Cl)c3)cc2Nc2ccc(C(=O)OC(C)(C)C)cc2)cc1.Nc1cc(-c2cc(Cl)cc(Cl)c2)nn1-c1ccc(OC(F)(F)F)cc1. The maximum Gasteiger partial charge on any atom is 0.573 e. The number of aromatic nitrogens is 4. The summed E-state index contributed by atoms with van der Waals surface area (Å²) in [5.74, 6) is 0.0771. The molecule has 0 aliphatic rings. The molecule has 0 radical (unpaired) electrons. The molecule has 2 aromatic heterocycles. The summed E-state index contributed by atoms with van der Waals surface area (Å²) in [6, 6.07) is 41.4. The molecule has 0 aliphatic carbocycles. The molecule has 0 aliphatic heterocycles. The number of anilines is 3. The summed E-state index contributed by atoms with van der Waals surface area (Å²) >= 11 is 27.7. The fourth-order valence-electron chi connectivity index (χ4n) is 6.53. The number of nitrogens with one attached hydrogen (secondary N) is 1. The van der Waals surface area contributed by atoms with Gasteiger partial charge >= 0.3 is 18.3 Å². The van der Waals surface area contributed by atoms with Crippen molar-refractivity contribution >= 4 is 91.6 Å². The van der Waals surface area contributed by atoms with E-state index in [1.807, 2.05) is 120 Å². The molecule has 0 saturated carbocycles. The van der Waals surface area contributed by atoms with Crippen molar-refractivity contribution in [3.05, 3.63) is 187 Å². The average Bonchev–Trinajstić information content (AvgIpc) is 3.89. The normalized spacial score (nSPS) is 11.4. The van der Waals surface area contributed by atoms with Crippen LogP contribution in [-0.2, 0) is 9.47 Å². The van der Waals surface area contributed by atoms with Crippen LogP contribution in [0.15, 0.2) is 150 Å². The summed E-state index contributed by atoms with van der Waals surface area (Å²) in [7, 11) is 0. The van der Waals surface area contributed by atoms with Gasteiger partial charge in [0, 0.05) is 53.5 Å². The first-order valence-corrected chi connectivity index (χ1v) is 24.4. The van der Waals surface area contributed by atoms with E-state index in [1.165, 1.54) is 28.9 Å². The molecule has 0 unspecified atom stereocenters. The molecule has 0 atom stereocenters. The highest BCUT2D eigenvalue weighted by Crippen LogP contribution is 2.33. The molecule has 73 heavy (non-hydrogen) atoms. The van der Waals surface area contributed by atoms with Crippen LogP contribution in [0, 0.1) is 6.92 Å². The van der Waals surface area contributed by atoms with Crippen LogP contribution in [0.1, 0.15) is 67.8 Å². The minimum absolute atomic E-state index is 0.287. The molecule has 0 bridgehead atoms. The van der Waals surface area contributed by atoms with Gasteiger partial charge in [-0.25, -0.2) is 19.0 Å². The summed E-state index contributed by atoms with van der Waals surface area (Å²) in [4.78, 5) is 23.9. The Hall–Kier alpha value is -6.49. The Bertz CT molecular complexity index is 3150. The predicted octanol–water partition coefficient (Wildman–Crippen LogP) is 16.6. The van der Waals surface area contributed by atoms with E-state index in [4.69, 9.17) is 66.7 Å². The minimum Gasteiger partial charge on any atom is -0.456 e. The standard InChI is InChI=1S/C27H25Cl2N3O2.C16H10Cl2F3N3O.C11H13BrO2/c1-17-5-11-23(12-6-17)32-25(16-24(31-32)19-13-20(28)15-21(29)14-19)30-22-9-7-18(8-10-22)26(33)34-27(2,3)4;17-10-5-9(6-11(18)7-10)14-8-15(22)24(23-14)12-1-3-13(4-2-12)25-16(19,20)21;1-11(2,3)14-10(13)8-4-6-9(12)7-5-8/h5-16,30H,1-4H3;1-8H,22H2;4-7H,1-3H3. The number of hydrogen-bond donors (Lipinski definition) is 2. The second kappa shape index (κ2) is 23.6. The number of carbonyl (C=O) groups is 2. The number of ether oxygens (including phenoxy) is 3. The number of nitrogens with zero attached hydrogens (tertiary/aromatic N) is 4. The number of rotatable bonds is 9. The largest absolute Gasteiger partial charge is 0.573 e. The lowest BCUT2D eigenvalue weighted by atomic mass is 10.1. The second-order valence-corrected chi connectivity index (χ2v) is 20.8. The highest BCUT2D eigenvalue weighted by atomic mass is 79.9. The molecular formula is C54H48BrCl4F3N6O5. The van der Waals surface area contributed by atoms with E-state index in [0.717, 1.165) is 38.5 Å². The summed E-state index contributed by atoms with van der Waals surface area (Å²) in [6.45, 7) is 13.1. The van der Waals surface area contributed by atoms with Gasteiger partial charge in [-0.05, 0) is 170 Å². The fourth-order valence-corrected chi connectivity index (χ4v) is 7.84. The van der Waals surface area contributed by atoms with E-state index in [-0.39, 0.29) is 17.7 Å². The van der Waals surface area contributed by atoms with Gasteiger partial charge in [0.05, 0.1) is 33.9 Å². The lowest BCUT2D eigenvalue weighted by Crippen LogP contribution is -2.23. The van der Waals surface area contributed by atoms with Crippen molar-refractivity contribution in [2.75, 3.05) is 11.1 Å². The van der Waals surface area contributed by atoms with E-state index in [2.05, 4.69) is 31.1 Å². The number of hydrogen-bond acceptors (Lipinski definition) is 9. The Morgan fingerprint density at radius 3 is 1.44 bits per heavy atom. The molecule has 380 valence electrons. The molecule has 11 nitrogen and oxygen atoms in total. The molecule has 0 amide bonds. The third-order valence-electron chi connectivity index (χ3n) is 9.63. The minimum atomic E-state index is -4.74. The van der Waals surface area contributed by atoms with Crippen molar-refractivity contribution in [2.24, 2.45) is 0 Å². The zero-order valence-electron chi connectivity index (χ0n) is 40.3. The Kier molecular flexibility index (Phi) is 18.0. The fraction of sp³-hybridized carbons (Fsp3) is 0.185. The first-order chi connectivity index (χ1) is 34.2. The Morgan fingerprint density at radius 1 is 0.575 bits per heavy atom. The van der Waals surface area contributed by atoms with Gasteiger partial charge in [0.1, 0.15) is 28.6 Å². The van der Waals surface area contributed by atoms with Crippen LogP contribution in [0.2, 0.25) is 20.1 Å². The Morgan fingerprint density at radius 2 is 0.986 bits per heavy atom. The van der Waals surface area contributed by atoms with Crippen molar-refractivity contribution in [3.8, 4) is 39.6 Å². The van der Waals surface area contributed by atoms with Crippen LogP contribution in [0.3, 0.4) is 0 Å². The third-order valence-corrected chi connectivity index (χ3v) is 11.0. The highest BCUT2D eigenvalue weighted by Gasteiger charge is 2.31. The summed E-state index contributed by atoms with van der Waals surface area (Å²) in [5, 5.41) is 14.5. The van der Waals surface area contributed by atoms with E-state index in [1.54, 1.807) is 54.6 Å². The molecule has 0 spiro atoms. The van der Waals surface area contributed by atoms with E-state index >= 15 is 0 Å². The predicted molar refractivity (Wildman–Crippen MR) is 288 cm³/mol. The van der Waals surface area contributed by atoms with Gasteiger partial charge in [-0.2, -0.15) is 10.2 Å². The molecular weight excluding hydrogens is 1090 g/mol. The number of esters is 2. The molecule has 0 fully saturated rings. The van der Waals surface area contributed by atoms with Crippen molar-refractivity contribution in [3.63, 3.8) is 0 Å². The molecule has 8 rings (SSSR count). The van der Waals surface area contributed by atoms with Gasteiger partial charge in [-0.15, -0.1) is 13.2 Å². The molecule has 2 heterocycles. The maximum atomic E-state index is 12.3. The van der Waals surface area contributed by atoms with Crippen LogP contribution >= 0.6 is 62.3 Å². The quantitative estimate of drug-likeness (QED) is 0.135. The monoisotopic (exact) mass is 1140 g/mol. The van der Waals surface area contributed by atoms with Gasteiger partial charge in [-0.3, -0.25) is 0 Å². The average molecular weight is 1140 g/mol. The number of aryl methyl sites for hydroxylation is 1. The number of alkyl halides is 3. The number of benzene rings is 6. The van der Waals surface area contributed by atoms with E-state index in [0.29, 0.717) is 54.0 Å². The third kappa shape index (κ3) is 17.0. The maximum absolute atomic E-state index is 12.3. The van der Waals surface area contributed by atoms with Crippen molar-refractivity contribution < 1.29 is 37.0 Å². The van der Waals surface area contributed by atoms with Gasteiger partial charge in [0.25, 0.3) is 0 Å². The number of carbonyl (C=O) groups excluding carboxylic acids is 2. The van der Waals surface area contributed by atoms with Gasteiger partial charge in [-0.1, -0.05) is 80.0 Å². The molecule has 19 heteroatoms. The van der Waals surface area contributed by atoms with Crippen molar-refractivity contribution in [1.82, 2.24) is 19.6 Å². The molecule has 8 aromatic rings. The second-order valence-electron chi connectivity index (χ2n) is 18.1. The van der Waals surface area contributed by atoms with Gasteiger partial charge < -0.3 is 25.3 Å².